The van der Waals surface area contributed by atoms with Crippen LogP contribution >= 0.6 is 35.3 Å². The normalized spacial score (nSPS) is 19.8. The van der Waals surface area contributed by atoms with E-state index in [1.165, 1.54) is 22.5 Å². The van der Waals surface area contributed by atoms with Gasteiger partial charge in [0.1, 0.15) is 0 Å². The number of halogens is 1. The van der Waals surface area contributed by atoms with Crippen LogP contribution in [-0.4, -0.2) is 54.5 Å². The summed E-state index contributed by atoms with van der Waals surface area (Å²) in [6.45, 7) is 2.51. The number of amides is 1. The van der Waals surface area contributed by atoms with E-state index >= 15 is 0 Å². The quantitative estimate of drug-likeness (QED) is 0.253. The van der Waals surface area contributed by atoms with Crippen molar-refractivity contribution < 1.29 is 4.79 Å². The SMILES string of the molecule is CN=C(NCCCc1nc2ccccc2s1)NC1CCN(C(=O)C2CCCC2)C1.I. The van der Waals surface area contributed by atoms with Gasteiger partial charge in [0, 0.05) is 45.1 Å². The van der Waals surface area contributed by atoms with Gasteiger partial charge in [0.05, 0.1) is 15.2 Å². The van der Waals surface area contributed by atoms with Crippen LogP contribution in [0, 0.1) is 5.92 Å². The van der Waals surface area contributed by atoms with Crippen LogP contribution < -0.4 is 10.6 Å². The second-order valence-electron chi connectivity index (χ2n) is 8.07. The standard InChI is InChI=1S/C22H31N5OS.HI/c1-23-22(24-13-6-11-20-26-18-9-4-5-10-19(18)29-20)25-17-12-14-27(15-17)21(28)16-7-2-3-8-16;/h4-5,9-10,16-17H,2-3,6-8,11-15H2,1H3,(H2,23,24,25);1H. The maximum atomic E-state index is 12.6. The lowest BCUT2D eigenvalue weighted by Crippen LogP contribution is -2.45. The van der Waals surface area contributed by atoms with Gasteiger partial charge in [-0.1, -0.05) is 25.0 Å². The Bertz CT molecular complexity index is 831. The molecule has 2 aromatic rings. The molecule has 1 unspecified atom stereocenters. The maximum Gasteiger partial charge on any atom is 0.225 e. The fourth-order valence-electron chi connectivity index (χ4n) is 4.37. The highest BCUT2D eigenvalue weighted by Gasteiger charge is 2.32. The number of likely N-dealkylation sites (tertiary alicyclic amines) is 1. The number of carbonyl (C=O) groups excluding carboxylic acids is 1. The molecule has 8 heteroatoms. The van der Waals surface area contributed by atoms with E-state index in [4.69, 9.17) is 4.98 Å². The smallest absolute Gasteiger partial charge is 0.225 e. The number of benzene rings is 1. The molecule has 0 spiro atoms. The maximum absolute atomic E-state index is 12.6. The molecule has 2 heterocycles. The van der Waals surface area contributed by atoms with Gasteiger partial charge in [-0.25, -0.2) is 4.98 Å². The van der Waals surface area contributed by atoms with Crippen molar-refractivity contribution in [3.8, 4) is 0 Å². The van der Waals surface area contributed by atoms with Crippen molar-refractivity contribution >= 4 is 57.4 Å². The van der Waals surface area contributed by atoms with Crippen molar-refractivity contribution in [2.45, 2.75) is 51.0 Å². The van der Waals surface area contributed by atoms with Gasteiger partial charge >= 0.3 is 0 Å². The molecule has 2 N–H and O–H groups in total. The average molecular weight is 542 g/mol. The number of fused-ring (bicyclic) bond motifs is 1. The molecule has 1 aromatic heterocycles. The van der Waals surface area contributed by atoms with E-state index in [0.29, 0.717) is 5.91 Å². The summed E-state index contributed by atoms with van der Waals surface area (Å²) >= 11 is 1.78. The molecular weight excluding hydrogens is 509 g/mol. The van der Waals surface area contributed by atoms with Gasteiger partial charge in [-0.05, 0) is 37.8 Å². The number of guanidine groups is 1. The minimum absolute atomic E-state index is 0. The topological polar surface area (TPSA) is 69.6 Å². The van der Waals surface area contributed by atoms with E-state index in [2.05, 4.69) is 33.8 Å². The third kappa shape index (κ3) is 5.84. The van der Waals surface area contributed by atoms with E-state index in [-0.39, 0.29) is 35.9 Å². The number of aliphatic imine (C=N–C) groups is 1. The van der Waals surface area contributed by atoms with Crippen LogP contribution in [0.5, 0.6) is 0 Å². The Morgan fingerprint density at radius 2 is 2.07 bits per heavy atom. The number of carbonyl (C=O) groups is 1. The number of rotatable bonds is 6. The first-order chi connectivity index (χ1) is 14.2. The summed E-state index contributed by atoms with van der Waals surface area (Å²) in [5, 5.41) is 8.09. The molecule has 1 amide bonds. The molecule has 6 nitrogen and oxygen atoms in total. The number of aryl methyl sites for hydroxylation is 1. The van der Waals surface area contributed by atoms with Crippen LogP contribution in [0.15, 0.2) is 29.3 Å². The van der Waals surface area contributed by atoms with Gasteiger partial charge in [-0.3, -0.25) is 9.79 Å². The van der Waals surface area contributed by atoms with Gasteiger partial charge in [0.2, 0.25) is 5.91 Å². The molecule has 1 saturated carbocycles. The lowest BCUT2D eigenvalue weighted by molar-refractivity contribution is -0.134. The van der Waals surface area contributed by atoms with Crippen LogP contribution in [0.4, 0.5) is 0 Å². The summed E-state index contributed by atoms with van der Waals surface area (Å²) in [5.41, 5.74) is 1.09. The van der Waals surface area contributed by atoms with Crippen LogP contribution in [0.3, 0.4) is 0 Å². The molecule has 2 fully saturated rings. The first kappa shape index (κ1) is 23.2. The number of para-hydroxylation sites is 1. The van der Waals surface area contributed by atoms with Crippen molar-refractivity contribution in [2.24, 2.45) is 10.9 Å². The number of hydrogen-bond donors (Lipinski definition) is 2. The van der Waals surface area contributed by atoms with Crippen molar-refractivity contribution in [1.82, 2.24) is 20.5 Å². The molecule has 1 aliphatic carbocycles. The van der Waals surface area contributed by atoms with E-state index in [1.54, 1.807) is 18.4 Å². The first-order valence-electron chi connectivity index (χ1n) is 10.8. The molecule has 4 rings (SSSR count). The Labute approximate surface area is 199 Å². The lowest BCUT2D eigenvalue weighted by Gasteiger charge is -2.21. The van der Waals surface area contributed by atoms with Gasteiger partial charge in [-0.2, -0.15) is 0 Å². The van der Waals surface area contributed by atoms with Crippen molar-refractivity contribution in [3.05, 3.63) is 29.3 Å². The molecule has 1 atom stereocenters. The molecule has 2 aliphatic rings. The Morgan fingerprint density at radius 3 is 2.83 bits per heavy atom. The van der Waals surface area contributed by atoms with Crippen molar-refractivity contribution in [3.63, 3.8) is 0 Å². The van der Waals surface area contributed by atoms with Crippen LogP contribution in [0.25, 0.3) is 10.2 Å². The fraction of sp³-hybridized carbons (Fsp3) is 0.591. The van der Waals surface area contributed by atoms with E-state index in [9.17, 15) is 4.79 Å². The van der Waals surface area contributed by atoms with Gasteiger partial charge < -0.3 is 15.5 Å². The molecule has 164 valence electrons. The molecule has 1 saturated heterocycles. The largest absolute Gasteiger partial charge is 0.356 e. The molecule has 0 bridgehead atoms. The number of thiazole rings is 1. The number of nitrogens with one attached hydrogen (secondary N) is 2. The van der Waals surface area contributed by atoms with E-state index < -0.39 is 0 Å². The zero-order chi connectivity index (χ0) is 20.1. The highest BCUT2D eigenvalue weighted by molar-refractivity contribution is 14.0. The van der Waals surface area contributed by atoms with E-state index in [1.807, 2.05) is 11.0 Å². The predicted octanol–water partition coefficient (Wildman–Crippen LogP) is 3.80. The number of hydrogen-bond acceptors (Lipinski definition) is 4. The Morgan fingerprint density at radius 1 is 1.27 bits per heavy atom. The minimum Gasteiger partial charge on any atom is -0.356 e. The van der Waals surface area contributed by atoms with Crippen LogP contribution in [-0.2, 0) is 11.2 Å². The number of nitrogens with zero attached hydrogens (tertiary/aromatic N) is 3. The zero-order valence-corrected chi connectivity index (χ0v) is 20.7. The molecule has 1 aromatic carbocycles. The van der Waals surface area contributed by atoms with Gasteiger partial charge in [0.15, 0.2) is 5.96 Å². The highest BCUT2D eigenvalue weighted by Crippen LogP contribution is 2.28. The molecule has 30 heavy (non-hydrogen) atoms. The van der Waals surface area contributed by atoms with Gasteiger partial charge in [0.25, 0.3) is 0 Å². The summed E-state index contributed by atoms with van der Waals surface area (Å²) in [5.74, 6) is 1.47. The third-order valence-corrected chi connectivity index (χ3v) is 7.06. The summed E-state index contributed by atoms with van der Waals surface area (Å²) in [4.78, 5) is 23.7. The Balaban J connectivity index is 0.00000256. The average Bonchev–Trinajstić information content (AvgIpc) is 3.50. The number of aromatic nitrogens is 1. The molecular formula is C22H32IN5OS. The Kier molecular flexibility index (Phi) is 8.73. The van der Waals surface area contributed by atoms with Crippen molar-refractivity contribution in [1.29, 1.82) is 0 Å². The fourth-order valence-corrected chi connectivity index (χ4v) is 5.38. The summed E-state index contributed by atoms with van der Waals surface area (Å²) < 4.78 is 1.26. The first-order valence-corrected chi connectivity index (χ1v) is 11.6. The Hall–Kier alpha value is -1.42. The monoisotopic (exact) mass is 541 g/mol. The van der Waals surface area contributed by atoms with E-state index in [0.717, 1.165) is 63.2 Å². The molecule has 1 aliphatic heterocycles. The minimum atomic E-state index is 0. The third-order valence-electron chi connectivity index (χ3n) is 5.97. The lowest BCUT2D eigenvalue weighted by atomic mass is 10.1. The second kappa shape index (κ2) is 11.3. The van der Waals surface area contributed by atoms with Crippen LogP contribution in [0.1, 0.15) is 43.5 Å². The van der Waals surface area contributed by atoms with Gasteiger partial charge in [-0.15, -0.1) is 35.3 Å². The predicted molar refractivity (Wildman–Crippen MR) is 135 cm³/mol. The summed E-state index contributed by atoms with van der Waals surface area (Å²) in [6.07, 6.45) is 7.54. The summed E-state index contributed by atoms with van der Waals surface area (Å²) in [6, 6.07) is 8.59. The van der Waals surface area contributed by atoms with Crippen LogP contribution in [0.2, 0.25) is 0 Å². The van der Waals surface area contributed by atoms with Crippen molar-refractivity contribution in [2.75, 3.05) is 26.7 Å². The zero-order valence-electron chi connectivity index (χ0n) is 17.6. The highest BCUT2D eigenvalue weighted by atomic mass is 127. The molecule has 0 radical (unpaired) electrons. The summed E-state index contributed by atoms with van der Waals surface area (Å²) in [7, 11) is 1.80. The second-order valence-corrected chi connectivity index (χ2v) is 9.19.